The Kier molecular flexibility index (Phi) is 2.45. The molecule has 0 fully saturated rings. The summed E-state index contributed by atoms with van der Waals surface area (Å²) in [6, 6.07) is 10.1. The zero-order valence-corrected chi connectivity index (χ0v) is 10.0. The van der Waals surface area contributed by atoms with Crippen molar-refractivity contribution in [3.63, 3.8) is 0 Å². The molecular weight excluding hydrogens is 232 g/mol. The van der Waals surface area contributed by atoms with Crippen molar-refractivity contribution in [3.8, 4) is 10.6 Å². The Labute approximate surface area is 102 Å². The van der Waals surface area contributed by atoms with Crippen LogP contribution in [0.5, 0.6) is 0 Å². The first-order valence-electron chi connectivity index (χ1n) is 5.23. The number of rotatable bonds is 2. The van der Waals surface area contributed by atoms with Gasteiger partial charge in [0.2, 0.25) is 5.13 Å². The Bertz CT molecular complexity index is 662. The SMILES string of the molecule is CNc1nnc(-c2cnc3ccccc3c2)s1. The minimum Gasteiger partial charge on any atom is -0.363 e. The second-order valence-electron chi connectivity index (χ2n) is 3.58. The van der Waals surface area contributed by atoms with E-state index in [1.165, 1.54) is 11.3 Å². The number of benzene rings is 1. The Morgan fingerprint density at radius 3 is 2.88 bits per heavy atom. The third kappa shape index (κ3) is 1.85. The molecule has 0 atom stereocenters. The number of para-hydroxylation sites is 1. The molecule has 1 N–H and O–H groups in total. The number of anilines is 1. The smallest absolute Gasteiger partial charge is 0.205 e. The maximum Gasteiger partial charge on any atom is 0.205 e. The van der Waals surface area contributed by atoms with Crippen LogP contribution in [0.4, 0.5) is 5.13 Å². The van der Waals surface area contributed by atoms with Crippen LogP contribution in [-0.2, 0) is 0 Å². The lowest BCUT2D eigenvalue weighted by Gasteiger charge is -1.98. The van der Waals surface area contributed by atoms with Crippen LogP contribution in [0.3, 0.4) is 0 Å². The zero-order chi connectivity index (χ0) is 11.7. The maximum absolute atomic E-state index is 4.41. The average molecular weight is 242 g/mol. The summed E-state index contributed by atoms with van der Waals surface area (Å²) in [6.45, 7) is 0. The largest absolute Gasteiger partial charge is 0.363 e. The fourth-order valence-electron chi connectivity index (χ4n) is 1.63. The molecule has 0 radical (unpaired) electrons. The van der Waals surface area contributed by atoms with E-state index in [1.807, 2.05) is 37.5 Å². The molecule has 0 unspecified atom stereocenters. The van der Waals surface area contributed by atoms with Crippen molar-refractivity contribution in [2.24, 2.45) is 0 Å². The Balaban J connectivity index is 2.11. The number of hydrogen-bond acceptors (Lipinski definition) is 5. The lowest BCUT2D eigenvalue weighted by molar-refractivity contribution is 1.09. The molecule has 0 amide bonds. The van der Waals surface area contributed by atoms with Crippen LogP contribution in [0.25, 0.3) is 21.5 Å². The standard InChI is InChI=1S/C12H10N4S/c1-13-12-16-15-11(17-12)9-6-8-4-2-3-5-10(8)14-7-9/h2-7H,1H3,(H,13,16). The topological polar surface area (TPSA) is 50.7 Å². The van der Waals surface area contributed by atoms with Crippen LogP contribution >= 0.6 is 11.3 Å². The minimum atomic E-state index is 0.813. The molecule has 5 heteroatoms. The Morgan fingerprint density at radius 2 is 2.06 bits per heavy atom. The Morgan fingerprint density at radius 1 is 1.18 bits per heavy atom. The van der Waals surface area contributed by atoms with Crippen LogP contribution in [0.1, 0.15) is 0 Å². The highest BCUT2D eigenvalue weighted by Crippen LogP contribution is 2.27. The highest BCUT2D eigenvalue weighted by Gasteiger charge is 2.06. The van der Waals surface area contributed by atoms with Crippen LogP contribution in [-0.4, -0.2) is 22.2 Å². The fourth-order valence-corrected chi connectivity index (χ4v) is 2.31. The van der Waals surface area contributed by atoms with Gasteiger partial charge in [0.15, 0.2) is 5.01 Å². The van der Waals surface area contributed by atoms with Gasteiger partial charge < -0.3 is 5.32 Å². The molecule has 0 aliphatic carbocycles. The monoisotopic (exact) mass is 242 g/mol. The van der Waals surface area contributed by atoms with E-state index in [4.69, 9.17) is 0 Å². The van der Waals surface area contributed by atoms with Crippen molar-refractivity contribution in [2.75, 3.05) is 12.4 Å². The fraction of sp³-hybridized carbons (Fsp3) is 0.0833. The highest BCUT2D eigenvalue weighted by atomic mass is 32.1. The van der Waals surface area contributed by atoms with E-state index in [9.17, 15) is 0 Å². The molecule has 0 bridgehead atoms. The quantitative estimate of drug-likeness (QED) is 0.750. The predicted molar refractivity (Wildman–Crippen MR) is 70.2 cm³/mol. The van der Waals surface area contributed by atoms with Gasteiger partial charge in [0.05, 0.1) is 5.52 Å². The summed E-state index contributed by atoms with van der Waals surface area (Å²) in [5, 5.41) is 13.9. The van der Waals surface area contributed by atoms with Gasteiger partial charge in [0.1, 0.15) is 0 Å². The van der Waals surface area contributed by atoms with Crippen molar-refractivity contribution in [1.82, 2.24) is 15.2 Å². The van der Waals surface area contributed by atoms with Crippen molar-refractivity contribution in [3.05, 3.63) is 36.5 Å². The molecule has 84 valence electrons. The van der Waals surface area contributed by atoms with Gasteiger partial charge in [-0.15, -0.1) is 10.2 Å². The first-order chi connectivity index (χ1) is 8.36. The molecule has 0 spiro atoms. The number of nitrogens with one attached hydrogen (secondary N) is 1. The lowest BCUT2D eigenvalue weighted by atomic mass is 10.2. The molecule has 3 aromatic rings. The number of hydrogen-bond donors (Lipinski definition) is 1. The van der Waals surface area contributed by atoms with Gasteiger partial charge in [0.25, 0.3) is 0 Å². The molecule has 0 aliphatic rings. The molecule has 4 nitrogen and oxygen atoms in total. The summed E-state index contributed by atoms with van der Waals surface area (Å²) in [4.78, 5) is 4.41. The van der Waals surface area contributed by atoms with E-state index in [1.54, 1.807) is 0 Å². The molecule has 17 heavy (non-hydrogen) atoms. The third-order valence-corrected chi connectivity index (χ3v) is 3.47. The molecule has 1 aromatic carbocycles. The summed E-state index contributed by atoms with van der Waals surface area (Å²) >= 11 is 1.52. The molecular formula is C12H10N4S. The summed E-state index contributed by atoms with van der Waals surface area (Å²) < 4.78 is 0. The van der Waals surface area contributed by atoms with Gasteiger partial charge in [-0.2, -0.15) is 0 Å². The van der Waals surface area contributed by atoms with Crippen molar-refractivity contribution in [2.45, 2.75) is 0 Å². The van der Waals surface area contributed by atoms with Gasteiger partial charge in [-0.1, -0.05) is 29.5 Å². The van der Waals surface area contributed by atoms with Crippen LogP contribution in [0, 0.1) is 0 Å². The van der Waals surface area contributed by atoms with Crippen LogP contribution < -0.4 is 5.32 Å². The summed E-state index contributed by atoms with van der Waals surface area (Å²) in [5.74, 6) is 0. The van der Waals surface area contributed by atoms with Crippen molar-refractivity contribution < 1.29 is 0 Å². The Hall–Kier alpha value is -2.01. The summed E-state index contributed by atoms with van der Waals surface area (Å²) in [5.41, 5.74) is 2.00. The second kappa shape index (κ2) is 4.10. The molecule has 0 saturated heterocycles. The van der Waals surface area contributed by atoms with Gasteiger partial charge in [0, 0.05) is 24.2 Å². The molecule has 3 rings (SSSR count). The molecule has 0 saturated carbocycles. The number of pyridine rings is 1. The molecule has 2 aromatic heterocycles. The van der Waals surface area contributed by atoms with E-state index in [0.29, 0.717) is 0 Å². The molecule has 0 aliphatic heterocycles. The van der Waals surface area contributed by atoms with Gasteiger partial charge in [-0.3, -0.25) is 4.98 Å². The zero-order valence-electron chi connectivity index (χ0n) is 9.21. The van der Waals surface area contributed by atoms with Crippen molar-refractivity contribution in [1.29, 1.82) is 0 Å². The first kappa shape index (κ1) is 10.2. The van der Waals surface area contributed by atoms with Gasteiger partial charge >= 0.3 is 0 Å². The van der Waals surface area contributed by atoms with E-state index < -0.39 is 0 Å². The lowest BCUT2D eigenvalue weighted by Crippen LogP contribution is -1.84. The number of nitrogens with zero attached hydrogens (tertiary/aromatic N) is 3. The summed E-state index contributed by atoms with van der Waals surface area (Å²) in [6.07, 6.45) is 1.84. The highest BCUT2D eigenvalue weighted by molar-refractivity contribution is 7.18. The van der Waals surface area contributed by atoms with Gasteiger partial charge in [-0.05, 0) is 12.1 Å². The van der Waals surface area contributed by atoms with Crippen molar-refractivity contribution >= 4 is 27.4 Å². The van der Waals surface area contributed by atoms with E-state index in [-0.39, 0.29) is 0 Å². The van der Waals surface area contributed by atoms with Gasteiger partial charge in [-0.25, -0.2) is 0 Å². The second-order valence-corrected chi connectivity index (χ2v) is 4.56. The van der Waals surface area contributed by atoms with E-state index in [0.717, 1.165) is 26.6 Å². The third-order valence-electron chi connectivity index (χ3n) is 2.48. The number of fused-ring (bicyclic) bond motifs is 1. The van der Waals surface area contributed by atoms with E-state index in [2.05, 4.69) is 26.6 Å². The normalized spacial score (nSPS) is 10.6. The first-order valence-corrected chi connectivity index (χ1v) is 6.05. The minimum absolute atomic E-state index is 0.813. The average Bonchev–Trinajstić information content (AvgIpc) is 2.87. The number of aromatic nitrogens is 3. The molecule has 2 heterocycles. The van der Waals surface area contributed by atoms with E-state index >= 15 is 0 Å². The van der Waals surface area contributed by atoms with Crippen LogP contribution in [0.15, 0.2) is 36.5 Å². The predicted octanol–water partition coefficient (Wildman–Crippen LogP) is 2.80. The summed E-state index contributed by atoms with van der Waals surface area (Å²) in [7, 11) is 1.84. The van der Waals surface area contributed by atoms with Crippen LogP contribution in [0.2, 0.25) is 0 Å². The maximum atomic E-state index is 4.41.